The molecule has 160 valence electrons. The molecule has 7 heteroatoms. The molecule has 1 amide bonds. The van der Waals surface area contributed by atoms with Crippen LogP contribution in [-0.2, 0) is 16.0 Å². The quantitative estimate of drug-likeness (QED) is 0.756. The Balaban J connectivity index is 1.41. The third-order valence-corrected chi connectivity index (χ3v) is 5.79. The number of halogens is 1. The first-order chi connectivity index (χ1) is 14.6. The van der Waals surface area contributed by atoms with Crippen molar-refractivity contribution in [2.45, 2.75) is 12.5 Å². The Labute approximate surface area is 176 Å². The molecule has 0 aliphatic carbocycles. The Morgan fingerprint density at radius 1 is 1.20 bits per heavy atom. The van der Waals surface area contributed by atoms with Crippen LogP contribution in [0.4, 0.5) is 10.1 Å². The van der Waals surface area contributed by atoms with Gasteiger partial charge >= 0.3 is 0 Å². The van der Waals surface area contributed by atoms with Gasteiger partial charge in [0.15, 0.2) is 18.2 Å². The van der Waals surface area contributed by atoms with Gasteiger partial charge in [-0.15, -0.1) is 0 Å². The Morgan fingerprint density at radius 2 is 2.00 bits per heavy atom. The predicted octanol–water partition coefficient (Wildman–Crippen LogP) is 2.39. The molecule has 1 N–H and O–H groups in total. The van der Waals surface area contributed by atoms with Crippen LogP contribution >= 0.6 is 0 Å². The van der Waals surface area contributed by atoms with E-state index in [9.17, 15) is 9.18 Å². The fourth-order valence-electron chi connectivity index (χ4n) is 4.11. The van der Waals surface area contributed by atoms with Crippen LogP contribution in [0.25, 0.3) is 0 Å². The van der Waals surface area contributed by atoms with Gasteiger partial charge in [0.05, 0.1) is 19.3 Å². The first-order valence-electron chi connectivity index (χ1n) is 10.4. The monoisotopic (exact) mass is 413 g/mol. The molecular weight excluding hydrogens is 385 g/mol. The number of hydrogen-bond donors (Lipinski definition) is 1. The van der Waals surface area contributed by atoms with Crippen LogP contribution in [0, 0.1) is 5.82 Å². The van der Waals surface area contributed by atoms with Crippen molar-refractivity contribution in [3.05, 3.63) is 59.4 Å². The van der Waals surface area contributed by atoms with Gasteiger partial charge in [-0.1, -0.05) is 24.3 Å². The zero-order chi connectivity index (χ0) is 20.9. The number of amides is 1. The van der Waals surface area contributed by atoms with Crippen LogP contribution in [0.1, 0.15) is 17.2 Å². The first-order valence-corrected chi connectivity index (χ1v) is 10.4. The van der Waals surface area contributed by atoms with E-state index < -0.39 is 5.82 Å². The smallest absolute Gasteiger partial charge is 0.258 e. The topological polar surface area (TPSA) is 54.0 Å². The van der Waals surface area contributed by atoms with E-state index in [1.807, 2.05) is 0 Å². The Hall–Kier alpha value is -2.64. The zero-order valence-corrected chi connectivity index (χ0v) is 17.3. The van der Waals surface area contributed by atoms with Crippen LogP contribution in [0.3, 0.4) is 0 Å². The van der Waals surface area contributed by atoms with Crippen LogP contribution in [-0.4, -0.2) is 63.9 Å². The molecule has 30 heavy (non-hydrogen) atoms. The highest BCUT2D eigenvalue weighted by Gasteiger charge is 2.25. The van der Waals surface area contributed by atoms with E-state index in [0.29, 0.717) is 19.8 Å². The molecule has 6 nitrogen and oxygen atoms in total. The zero-order valence-electron chi connectivity index (χ0n) is 17.3. The van der Waals surface area contributed by atoms with Crippen molar-refractivity contribution in [2.75, 3.05) is 57.9 Å². The maximum atomic E-state index is 13.7. The number of ether oxygens (including phenoxy) is 2. The number of fused-ring (bicyclic) bond motifs is 1. The summed E-state index contributed by atoms with van der Waals surface area (Å²) < 4.78 is 24.5. The van der Waals surface area contributed by atoms with Gasteiger partial charge < -0.3 is 19.7 Å². The standard InChI is InChI=1S/C23H28FN3O3/c1-26-9-8-18-14-17(6-7-20(18)26)21(27-10-12-29-13-11-27)15-25-23(28)16-30-22-5-3-2-4-19(22)24/h2-7,14,21H,8-13,15-16H2,1H3,(H,25,28). The second-order valence-corrected chi connectivity index (χ2v) is 7.75. The van der Waals surface area contributed by atoms with Crippen LogP contribution in [0.15, 0.2) is 42.5 Å². The maximum absolute atomic E-state index is 13.7. The fourth-order valence-corrected chi connectivity index (χ4v) is 4.11. The molecule has 2 aromatic carbocycles. The number of likely N-dealkylation sites (N-methyl/N-ethyl adjacent to an activating group) is 1. The van der Waals surface area contributed by atoms with Crippen molar-refractivity contribution in [1.29, 1.82) is 0 Å². The molecule has 1 atom stereocenters. The summed E-state index contributed by atoms with van der Waals surface area (Å²) in [7, 11) is 2.11. The number of rotatable bonds is 7. The number of para-hydroxylation sites is 1. The molecule has 1 saturated heterocycles. The van der Waals surface area contributed by atoms with E-state index in [2.05, 4.69) is 40.4 Å². The molecular formula is C23H28FN3O3. The molecule has 0 aromatic heterocycles. The van der Waals surface area contributed by atoms with Gasteiger partial charge in [0.1, 0.15) is 0 Å². The summed E-state index contributed by atoms with van der Waals surface area (Å²) in [6, 6.07) is 12.7. The van der Waals surface area contributed by atoms with Gasteiger partial charge in [-0.05, 0) is 35.7 Å². The average molecular weight is 413 g/mol. The highest BCUT2D eigenvalue weighted by atomic mass is 19.1. The number of anilines is 1. The van der Waals surface area contributed by atoms with Crippen molar-refractivity contribution in [2.24, 2.45) is 0 Å². The molecule has 2 aliphatic rings. The largest absolute Gasteiger partial charge is 0.481 e. The van der Waals surface area contributed by atoms with Crippen LogP contribution in [0.2, 0.25) is 0 Å². The number of carbonyl (C=O) groups excluding carboxylic acids is 1. The molecule has 2 aromatic rings. The third kappa shape index (κ3) is 4.74. The molecule has 1 unspecified atom stereocenters. The molecule has 0 spiro atoms. The van der Waals surface area contributed by atoms with E-state index in [1.165, 1.54) is 28.9 Å². The predicted molar refractivity (Wildman–Crippen MR) is 113 cm³/mol. The normalized spacial score (nSPS) is 17.5. The highest BCUT2D eigenvalue weighted by molar-refractivity contribution is 5.77. The summed E-state index contributed by atoms with van der Waals surface area (Å²) in [5.74, 6) is -0.655. The second kappa shape index (κ2) is 9.45. The molecule has 2 heterocycles. The van der Waals surface area contributed by atoms with Crippen molar-refractivity contribution < 1.29 is 18.7 Å². The van der Waals surface area contributed by atoms with Crippen molar-refractivity contribution >= 4 is 11.6 Å². The lowest BCUT2D eigenvalue weighted by atomic mass is 10.0. The highest BCUT2D eigenvalue weighted by Crippen LogP contribution is 2.31. The Bertz CT molecular complexity index is 886. The van der Waals surface area contributed by atoms with E-state index in [-0.39, 0.29) is 24.3 Å². The summed E-state index contributed by atoms with van der Waals surface area (Å²) in [6.07, 6.45) is 1.04. The number of benzene rings is 2. The number of nitrogens with zero attached hydrogens (tertiary/aromatic N) is 2. The number of morpholine rings is 1. The molecule has 2 aliphatic heterocycles. The summed E-state index contributed by atoms with van der Waals surface area (Å²) in [5, 5.41) is 2.97. The Morgan fingerprint density at radius 3 is 2.80 bits per heavy atom. The van der Waals surface area contributed by atoms with E-state index >= 15 is 0 Å². The van der Waals surface area contributed by atoms with Crippen LogP contribution < -0.4 is 15.0 Å². The van der Waals surface area contributed by atoms with E-state index in [1.54, 1.807) is 12.1 Å². The van der Waals surface area contributed by atoms with Crippen LogP contribution in [0.5, 0.6) is 5.75 Å². The van der Waals surface area contributed by atoms with Gasteiger partial charge in [-0.3, -0.25) is 9.69 Å². The minimum absolute atomic E-state index is 0.0579. The molecule has 0 saturated carbocycles. The molecule has 4 rings (SSSR count). The number of nitrogens with one attached hydrogen (secondary N) is 1. The molecule has 0 bridgehead atoms. The van der Waals surface area contributed by atoms with Gasteiger partial charge in [0.25, 0.3) is 5.91 Å². The van der Waals surface area contributed by atoms with Gasteiger partial charge in [-0.2, -0.15) is 0 Å². The van der Waals surface area contributed by atoms with E-state index in [4.69, 9.17) is 9.47 Å². The summed E-state index contributed by atoms with van der Waals surface area (Å²) in [5.41, 5.74) is 3.82. The van der Waals surface area contributed by atoms with Gasteiger partial charge in [-0.25, -0.2) is 4.39 Å². The van der Waals surface area contributed by atoms with Crippen molar-refractivity contribution in [3.63, 3.8) is 0 Å². The maximum Gasteiger partial charge on any atom is 0.258 e. The fraction of sp³-hybridized carbons (Fsp3) is 0.435. The van der Waals surface area contributed by atoms with Crippen molar-refractivity contribution in [1.82, 2.24) is 10.2 Å². The number of carbonyl (C=O) groups is 1. The molecule has 1 fully saturated rings. The lowest BCUT2D eigenvalue weighted by Crippen LogP contribution is -2.44. The lowest BCUT2D eigenvalue weighted by Gasteiger charge is -2.35. The third-order valence-electron chi connectivity index (χ3n) is 5.79. The average Bonchev–Trinajstić information content (AvgIpc) is 3.14. The summed E-state index contributed by atoms with van der Waals surface area (Å²) >= 11 is 0. The SMILES string of the molecule is CN1CCc2cc(C(CNC(=O)COc3ccccc3F)N3CCOCC3)ccc21. The minimum atomic E-state index is -0.473. The van der Waals surface area contributed by atoms with Gasteiger partial charge in [0.2, 0.25) is 0 Å². The van der Waals surface area contributed by atoms with Gasteiger partial charge in [0, 0.05) is 38.9 Å². The second-order valence-electron chi connectivity index (χ2n) is 7.75. The van der Waals surface area contributed by atoms with E-state index in [0.717, 1.165) is 26.1 Å². The van der Waals surface area contributed by atoms with Crippen molar-refractivity contribution in [3.8, 4) is 5.75 Å². The number of hydrogen-bond acceptors (Lipinski definition) is 5. The minimum Gasteiger partial charge on any atom is -0.481 e. The Kier molecular flexibility index (Phi) is 6.50. The molecule has 0 radical (unpaired) electrons. The first kappa shape index (κ1) is 20.6. The summed E-state index contributed by atoms with van der Waals surface area (Å²) in [4.78, 5) is 17.0. The lowest BCUT2D eigenvalue weighted by molar-refractivity contribution is -0.123. The summed E-state index contributed by atoms with van der Waals surface area (Å²) in [6.45, 7) is 4.31.